The summed E-state index contributed by atoms with van der Waals surface area (Å²) in [6.45, 7) is 24.4. The summed E-state index contributed by atoms with van der Waals surface area (Å²) in [5.41, 5.74) is 1.29. The highest BCUT2D eigenvalue weighted by molar-refractivity contribution is 6.17. The fraction of sp³-hybridized carbons (Fsp3) is 0.867. The second-order valence-electron chi connectivity index (χ2n) is 4.98. The van der Waals surface area contributed by atoms with E-state index in [0.717, 1.165) is 49.5 Å². The van der Waals surface area contributed by atoms with Crippen LogP contribution in [0.5, 0.6) is 0 Å². The van der Waals surface area contributed by atoms with E-state index >= 15 is 0 Å². The van der Waals surface area contributed by atoms with Crippen molar-refractivity contribution in [3.63, 3.8) is 0 Å². The van der Waals surface area contributed by atoms with Gasteiger partial charge in [0.2, 0.25) is 0 Å². The third kappa shape index (κ3) is 3.83. The number of rotatable bonds is 10. The molecule has 0 amide bonds. The first-order chi connectivity index (χ1) is 8.97. The Kier molecular flexibility index (Phi) is 8.62. The summed E-state index contributed by atoms with van der Waals surface area (Å²) >= 11 is 0. The lowest BCUT2D eigenvalue weighted by Gasteiger charge is -2.51. The van der Waals surface area contributed by atoms with Crippen molar-refractivity contribution in [2.45, 2.75) is 46.8 Å². The van der Waals surface area contributed by atoms with Crippen LogP contribution >= 0.6 is 0 Å². The van der Waals surface area contributed by atoms with Gasteiger partial charge >= 0.3 is 0 Å². The molecule has 0 aromatic heterocycles. The molecule has 0 fully saturated rings. The summed E-state index contributed by atoms with van der Waals surface area (Å²) in [5.74, 6) is 0. The van der Waals surface area contributed by atoms with E-state index in [1.807, 2.05) is 0 Å². The Morgan fingerprint density at radius 3 is 1.32 bits per heavy atom. The Balaban J connectivity index is 5.54. The number of likely N-dealkylation sites (N-methyl/N-ethyl adjacent to an activating group) is 3. The average molecular weight is 286 g/mol. The maximum Gasteiger partial charge on any atom is 0.0911 e. The monoisotopic (exact) mass is 285 g/mol. The number of hydrogen-bond acceptors (Lipinski definition) is 3. The maximum atomic E-state index is 4.48. The van der Waals surface area contributed by atoms with E-state index in [1.165, 1.54) is 5.70 Å². The molecule has 0 aliphatic carbocycles. The summed E-state index contributed by atoms with van der Waals surface area (Å²) < 4.78 is 0. The molecular formula is C15H35N3Si. The van der Waals surface area contributed by atoms with Gasteiger partial charge in [-0.05, 0) is 40.0 Å². The van der Waals surface area contributed by atoms with Gasteiger partial charge in [0.15, 0.2) is 0 Å². The minimum Gasteiger partial charge on any atom is -0.374 e. The minimum atomic E-state index is 0.0546. The first-order valence-electron chi connectivity index (χ1n) is 7.91. The molecule has 0 aliphatic rings. The van der Waals surface area contributed by atoms with Crippen LogP contribution < -0.4 is 0 Å². The first kappa shape index (κ1) is 18.7. The lowest BCUT2D eigenvalue weighted by molar-refractivity contribution is 0.0260. The fourth-order valence-corrected chi connectivity index (χ4v) is 4.73. The normalized spacial score (nSPS) is 12.4. The van der Waals surface area contributed by atoms with Crippen LogP contribution in [0.1, 0.15) is 41.5 Å². The van der Waals surface area contributed by atoms with Gasteiger partial charge in [-0.25, -0.2) is 0 Å². The highest BCUT2D eigenvalue weighted by Crippen LogP contribution is 2.27. The summed E-state index contributed by atoms with van der Waals surface area (Å²) in [7, 11) is 1.07. The van der Waals surface area contributed by atoms with Gasteiger partial charge in [-0.15, -0.1) is 0 Å². The van der Waals surface area contributed by atoms with Gasteiger partial charge < -0.3 is 4.90 Å². The Morgan fingerprint density at radius 1 is 0.789 bits per heavy atom. The van der Waals surface area contributed by atoms with Crippen molar-refractivity contribution in [3.8, 4) is 0 Å². The molecule has 0 aromatic carbocycles. The van der Waals surface area contributed by atoms with Crippen molar-refractivity contribution in [1.82, 2.24) is 14.7 Å². The smallest absolute Gasteiger partial charge is 0.0911 e. The van der Waals surface area contributed by atoms with E-state index in [4.69, 9.17) is 0 Å². The van der Waals surface area contributed by atoms with Crippen LogP contribution in [0.4, 0.5) is 0 Å². The first-order valence-corrected chi connectivity index (χ1v) is 8.91. The Morgan fingerprint density at radius 2 is 1.11 bits per heavy atom. The second kappa shape index (κ2) is 8.77. The highest BCUT2D eigenvalue weighted by Gasteiger charge is 2.39. The maximum absolute atomic E-state index is 4.48. The molecular weight excluding hydrogens is 250 g/mol. The van der Waals surface area contributed by atoms with E-state index in [0.29, 0.717) is 0 Å². The molecule has 0 saturated heterocycles. The summed E-state index contributed by atoms with van der Waals surface area (Å²) in [4.78, 5) is 7.57. The molecule has 0 aromatic rings. The largest absolute Gasteiger partial charge is 0.374 e. The van der Waals surface area contributed by atoms with Crippen molar-refractivity contribution >= 4 is 10.2 Å². The Bertz CT molecular complexity index is 244. The third-order valence-electron chi connectivity index (χ3n) is 4.45. The SMILES string of the molecule is C=C(N(CC)CC)C([SiH3])(N(CC)CC)N(CC)CC. The number of hydrogen-bond donors (Lipinski definition) is 0. The predicted molar refractivity (Wildman–Crippen MR) is 90.6 cm³/mol. The zero-order chi connectivity index (χ0) is 15.1. The van der Waals surface area contributed by atoms with Gasteiger partial charge in [-0.2, -0.15) is 0 Å². The summed E-state index contributed by atoms with van der Waals surface area (Å²) in [6, 6.07) is 0. The van der Waals surface area contributed by atoms with Crippen LogP contribution in [-0.4, -0.2) is 69.5 Å². The molecule has 0 radical (unpaired) electrons. The van der Waals surface area contributed by atoms with Crippen molar-refractivity contribution in [1.29, 1.82) is 0 Å². The molecule has 0 rings (SSSR count). The van der Waals surface area contributed by atoms with E-state index in [1.54, 1.807) is 0 Å². The van der Waals surface area contributed by atoms with Gasteiger partial charge in [0.25, 0.3) is 0 Å². The van der Waals surface area contributed by atoms with E-state index in [2.05, 4.69) is 62.8 Å². The van der Waals surface area contributed by atoms with E-state index in [9.17, 15) is 0 Å². The van der Waals surface area contributed by atoms with Crippen molar-refractivity contribution in [2.24, 2.45) is 0 Å². The Labute approximate surface area is 124 Å². The van der Waals surface area contributed by atoms with Crippen molar-refractivity contribution < 1.29 is 0 Å². The van der Waals surface area contributed by atoms with Gasteiger partial charge in [0, 0.05) is 18.8 Å². The summed E-state index contributed by atoms with van der Waals surface area (Å²) in [6.07, 6.45) is 0. The zero-order valence-electron chi connectivity index (χ0n) is 14.3. The van der Waals surface area contributed by atoms with Crippen molar-refractivity contribution in [3.05, 3.63) is 12.3 Å². The molecule has 0 bridgehead atoms. The molecule has 0 saturated carbocycles. The molecule has 114 valence electrons. The zero-order valence-corrected chi connectivity index (χ0v) is 16.3. The van der Waals surface area contributed by atoms with Gasteiger partial charge in [0.05, 0.1) is 15.5 Å². The molecule has 0 spiro atoms. The van der Waals surface area contributed by atoms with Crippen LogP contribution in [0.3, 0.4) is 0 Å². The fourth-order valence-electron chi connectivity index (χ4n) is 3.15. The molecule has 0 unspecified atom stereocenters. The molecule has 0 N–H and O–H groups in total. The minimum absolute atomic E-state index is 0.0546. The van der Waals surface area contributed by atoms with Gasteiger partial charge in [-0.1, -0.05) is 34.3 Å². The van der Waals surface area contributed by atoms with Crippen LogP contribution in [0, 0.1) is 0 Å². The lowest BCUT2D eigenvalue weighted by Crippen LogP contribution is -2.64. The standard InChI is InChI=1S/C15H35N3Si/c1-8-16(9-2)14(7)15(19,17(10-3)11-4)18(12-5)13-6/h7-13H2,1-6,19H3. The highest BCUT2D eigenvalue weighted by atomic mass is 28.1. The Hall–Kier alpha value is -0.323. The predicted octanol–water partition coefficient (Wildman–Crippen LogP) is 1.54. The molecule has 0 aliphatic heterocycles. The quantitative estimate of drug-likeness (QED) is 0.445. The van der Waals surface area contributed by atoms with Gasteiger partial charge in [0.1, 0.15) is 0 Å². The lowest BCUT2D eigenvalue weighted by atomic mass is 10.2. The summed E-state index contributed by atoms with van der Waals surface area (Å²) in [5, 5.41) is 0.0546. The second-order valence-corrected chi connectivity index (χ2v) is 6.38. The topological polar surface area (TPSA) is 9.72 Å². The van der Waals surface area contributed by atoms with Crippen LogP contribution in [0.15, 0.2) is 12.3 Å². The molecule has 4 heteroatoms. The van der Waals surface area contributed by atoms with Gasteiger partial charge in [-0.3, -0.25) is 9.80 Å². The van der Waals surface area contributed by atoms with Crippen molar-refractivity contribution in [2.75, 3.05) is 39.3 Å². The average Bonchev–Trinajstić information content (AvgIpc) is 2.42. The third-order valence-corrected chi connectivity index (χ3v) is 6.29. The molecule has 19 heavy (non-hydrogen) atoms. The number of nitrogens with zero attached hydrogens (tertiary/aromatic N) is 3. The van der Waals surface area contributed by atoms with Crippen LogP contribution in [-0.2, 0) is 0 Å². The van der Waals surface area contributed by atoms with E-state index in [-0.39, 0.29) is 5.29 Å². The molecule has 3 nitrogen and oxygen atoms in total. The molecule has 0 heterocycles. The van der Waals surface area contributed by atoms with Crippen LogP contribution in [0.2, 0.25) is 0 Å². The molecule has 0 atom stereocenters. The van der Waals surface area contributed by atoms with E-state index < -0.39 is 0 Å². The van der Waals surface area contributed by atoms with Crippen LogP contribution in [0.25, 0.3) is 0 Å².